The van der Waals surface area contributed by atoms with Crippen molar-refractivity contribution < 1.29 is 14.6 Å². The number of benzene rings is 1. The van der Waals surface area contributed by atoms with Gasteiger partial charge in [0.25, 0.3) is 0 Å². The molecule has 1 aromatic rings. The smallest absolute Gasteiger partial charge is 0.122 e. The number of methoxy groups -OCH3 is 1. The lowest BCUT2D eigenvalue weighted by Gasteiger charge is -2.27. The number of rotatable bonds is 4. The molecule has 2 unspecified atom stereocenters. The zero-order valence-electron chi connectivity index (χ0n) is 11.2. The average molecular weight is 250 g/mol. The molecule has 1 aliphatic rings. The third-order valence-corrected chi connectivity index (χ3v) is 3.51. The molecule has 0 spiro atoms. The van der Waals surface area contributed by atoms with Crippen molar-refractivity contribution in [3.63, 3.8) is 0 Å². The largest absolute Gasteiger partial charge is 0.496 e. The second-order valence-electron chi connectivity index (χ2n) is 4.99. The van der Waals surface area contributed by atoms with Crippen LogP contribution in [0.4, 0.5) is 0 Å². The summed E-state index contributed by atoms with van der Waals surface area (Å²) in [6.07, 6.45) is 3.33. The Bertz CT molecular complexity index is 383. The normalized spacial score (nSPS) is 21.6. The van der Waals surface area contributed by atoms with Gasteiger partial charge >= 0.3 is 0 Å². The minimum atomic E-state index is -0.444. The Labute approximate surface area is 109 Å². The summed E-state index contributed by atoms with van der Waals surface area (Å²) >= 11 is 0. The molecule has 0 bridgehead atoms. The second-order valence-corrected chi connectivity index (χ2v) is 4.99. The van der Waals surface area contributed by atoms with Gasteiger partial charge in [0, 0.05) is 13.0 Å². The molecule has 0 radical (unpaired) electrons. The topological polar surface area (TPSA) is 38.7 Å². The third kappa shape index (κ3) is 3.24. The van der Waals surface area contributed by atoms with Gasteiger partial charge in [-0.15, -0.1) is 0 Å². The van der Waals surface area contributed by atoms with Gasteiger partial charge in [-0.2, -0.15) is 0 Å². The molecular weight excluding hydrogens is 228 g/mol. The molecule has 0 amide bonds. The van der Waals surface area contributed by atoms with E-state index in [9.17, 15) is 5.11 Å². The number of aryl methyl sites for hydroxylation is 1. The van der Waals surface area contributed by atoms with E-state index < -0.39 is 6.10 Å². The summed E-state index contributed by atoms with van der Waals surface area (Å²) in [7, 11) is 1.66. The van der Waals surface area contributed by atoms with Crippen LogP contribution >= 0.6 is 0 Å². The van der Waals surface area contributed by atoms with Crippen LogP contribution in [0.25, 0.3) is 0 Å². The van der Waals surface area contributed by atoms with E-state index in [2.05, 4.69) is 6.07 Å². The van der Waals surface area contributed by atoms with Gasteiger partial charge in [0.05, 0.1) is 19.3 Å². The number of hydrogen-bond donors (Lipinski definition) is 1. The molecular formula is C15H22O3. The van der Waals surface area contributed by atoms with Gasteiger partial charge in [-0.25, -0.2) is 0 Å². The summed E-state index contributed by atoms with van der Waals surface area (Å²) in [5.41, 5.74) is 2.24. The molecule has 1 aliphatic heterocycles. The van der Waals surface area contributed by atoms with Crippen molar-refractivity contribution in [2.75, 3.05) is 13.7 Å². The minimum absolute atomic E-state index is 0.0241. The quantitative estimate of drug-likeness (QED) is 0.892. The Morgan fingerprint density at radius 2 is 2.28 bits per heavy atom. The zero-order chi connectivity index (χ0) is 13.0. The predicted octanol–water partition coefficient (Wildman–Crippen LogP) is 2.48. The molecule has 2 atom stereocenters. The maximum Gasteiger partial charge on any atom is 0.122 e. The maximum absolute atomic E-state index is 10.3. The van der Waals surface area contributed by atoms with Crippen molar-refractivity contribution in [3.8, 4) is 5.75 Å². The van der Waals surface area contributed by atoms with Crippen LogP contribution in [0, 0.1) is 6.92 Å². The van der Waals surface area contributed by atoms with Crippen molar-refractivity contribution in [1.29, 1.82) is 0 Å². The Morgan fingerprint density at radius 1 is 1.44 bits per heavy atom. The van der Waals surface area contributed by atoms with Crippen LogP contribution < -0.4 is 4.74 Å². The Morgan fingerprint density at radius 3 is 2.94 bits per heavy atom. The van der Waals surface area contributed by atoms with E-state index in [4.69, 9.17) is 9.47 Å². The Hall–Kier alpha value is -1.06. The number of aliphatic hydroxyl groups is 1. The van der Waals surface area contributed by atoms with Crippen LogP contribution in [-0.2, 0) is 11.2 Å². The highest BCUT2D eigenvalue weighted by Crippen LogP contribution is 2.24. The Balaban J connectivity index is 2.05. The second kappa shape index (κ2) is 6.21. The zero-order valence-corrected chi connectivity index (χ0v) is 11.2. The lowest BCUT2D eigenvalue weighted by Crippen LogP contribution is -2.33. The molecule has 1 saturated heterocycles. The van der Waals surface area contributed by atoms with Crippen LogP contribution in [0.5, 0.6) is 5.75 Å². The number of aliphatic hydroxyl groups excluding tert-OH is 1. The summed E-state index contributed by atoms with van der Waals surface area (Å²) in [5.74, 6) is 0.843. The maximum atomic E-state index is 10.3. The van der Waals surface area contributed by atoms with E-state index >= 15 is 0 Å². The van der Waals surface area contributed by atoms with E-state index in [0.717, 1.165) is 37.2 Å². The van der Waals surface area contributed by atoms with E-state index in [1.807, 2.05) is 19.1 Å². The van der Waals surface area contributed by atoms with Gasteiger partial charge in [0.1, 0.15) is 5.75 Å². The van der Waals surface area contributed by atoms with Crippen molar-refractivity contribution >= 4 is 0 Å². The molecule has 0 aromatic heterocycles. The molecule has 1 heterocycles. The lowest BCUT2D eigenvalue weighted by molar-refractivity contribution is -0.0612. The van der Waals surface area contributed by atoms with E-state index in [1.54, 1.807) is 7.11 Å². The SMILES string of the molecule is COc1ccc(C)cc1CC(O)C1CCCCO1. The minimum Gasteiger partial charge on any atom is -0.496 e. The summed E-state index contributed by atoms with van der Waals surface area (Å²) < 4.78 is 11.0. The molecule has 1 fully saturated rings. The molecule has 0 saturated carbocycles. The van der Waals surface area contributed by atoms with Gasteiger partial charge in [-0.1, -0.05) is 17.7 Å². The molecule has 18 heavy (non-hydrogen) atoms. The van der Waals surface area contributed by atoms with E-state index in [0.29, 0.717) is 6.42 Å². The predicted molar refractivity (Wildman–Crippen MR) is 71.0 cm³/mol. The third-order valence-electron chi connectivity index (χ3n) is 3.51. The van der Waals surface area contributed by atoms with Gasteiger partial charge in [0.15, 0.2) is 0 Å². The van der Waals surface area contributed by atoms with Crippen LogP contribution in [0.15, 0.2) is 18.2 Å². The fourth-order valence-electron chi connectivity index (χ4n) is 2.49. The van der Waals surface area contributed by atoms with E-state index in [-0.39, 0.29) is 6.10 Å². The van der Waals surface area contributed by atoms with Crippen molar-refractivity contribution in [2.24, 2.45) is 0 Å². The van der Waals surface area contributed by atoms with Gasteiger partial charge in [-0.05, 0) is 37.8 Å². The van der Waals surface area contributed by atoms with Gasteiger partial charge < -0.3 is 14.6 Å². The lowest BCUT2D eigenvalue weighted by atomic mass is 9.97. The van der Waals surface area contributed by atoms with Crippen molar-refractivity contribution in [1.82, 2.24) is 0 Å². The highest BCUT2D eigenvalue weighted by molar-refractivity contribution is 5.37. The summed E-state index contributed by atoms with van der Waals surface area (Å²) in [4.78, 5) is 0. The number of hydrogen-bond acceptors (Lipinski definition) is 3. The van der Waals surface area contributed by atoms with Crippen LogP contribution in [0.3, 0.4) is 0 Å². The molecule has 100 valence electrons. The first-order valence-corrected chi connectivity index (χ1v) is 6.64. The van der Waals surface area contributed by atoms with Crippen LogP contribution in [0.2, 0.25) is 0 Å². The highest BCUT2D eigenvalue weighted by Gasteiger charge is 2.23. The van der Waals surface area contributed by atoms with Crippen molar-refractivity contribution in [3.05, 3.63) is 29.3 Å². The fraction of sp³-hybridized carbons (Fsp3) is 0.600. The van der Waals surface area contributed by atoms with Crippen molar-refractivity contribution in [2.45, 2.75) is 44.8 Å². The molecule has 0 aliphatic carbocycles. The monoisotopic (exact) mass is 250 g/mol. The first-order chi connectivity index (χ1) is 8.70. The molecule has 3 nitrogen and oxygen atoms in total. The Kier molecular flexibility index (Phi) is 4.61. The molecule has 3 heteroatoms. The first kappa shape index (κ1) is 13.4. The molecule has 1 aromatic carbocycles. The molecule has 2 rings (SSSR count). The standard InChI is InChI=1S/C15H22O3/c1-11-6-7-14(17-2)12(9-11)10-13(16)15-5-3-4-8-18-15/h6-7,9,13,15-16H,3-5,8,10H2,1-2H3. The van der Waals surface area contributed by atoms with Crippen LogP contribution in [0.1, 0.15) is 30.4 Å². The fourth-order valence-corrected chi connectivity index (χ4v) is 2.49. The van der Waals surface area contributed by atoms with E-state index in [1.165, 1.54) is 5.56 Å². The van der Waals surface area contributed by atoms with Crippen LogP contribution in [-0.4, -0.2) is 31.0 Å². The summed E-state index contributed by atoms with van der Waals surface area (Å²) in [6.45, 7) is 2.82. The highest BCUT2D eigenvalue weighted by atomic mass is 16.5. The first-order valence-electron chi connectivity index (χ1n) is 6.64. The van der Waals surface area contributed by atoms with Gasteiger partial charge in [-0.3, -0.25) is 0 Å². The number of ether oxygens (including phenoxy) is 2. The van der Waals surface area contributed by atoms with Gasteiger partial charge in [0.2, 0.25) is 0 Å². The average Bonchev–Trinajstić information content (AvgIpc) is 2.40. The summed E-state index contributed by atoms with van der Waals surface area (Å²) in [5, 5.41) is 10.3. The molecule has 1 N–H and O–H groups in total. The summed E-state index contributed by atoms with van der Waals surface area (Å²) in [6, 6.07) is 6.05.